The van der Waals surface area contributed by atoms with Crippen molar-refractivity contribution in [2.24, 2.45) is 0 Å². The molecule has 3 heteroatoms. The molecule has 1 amide bonds. The van der Waals surface area contributed by atoms with E-state index in [1.807, 2.05) is 0 Å². The zero-order valence-corrected chi connectivity index (χ0v) is 8.31. The fraction of sp³-hybridized carbons (Fsp3) is 0.900. The number of aliphatic hydroxyl groups is 1. The monoisotopic (exact) mass is 185 g/mol. The molecule has 2 N–H and O–H groups in total. The molecular formula is C10H19NO2. The molecule has 0 saturated heterocycles. The fourth-order valence-corrected chi connectivity index (χ4v) is 1.45. The molecule has 0 atom stereocenters. The molecule has 76 valence electrons. The molecule has 13 heavy (non-hydrogen) atoms. The summed E-state index contributed by atoms with van der Waals surface area (Å²) in [5, 5.41) is 12.4. The fourth-order valence-electron chi connectivity index (χ4n) is 1.45. The molecule has 1 fully saturated rings. The first-order valence-corrected chi connectivity index (χ1v) is 5.15. The van der Waals surface area contributed by atoms with Crippen molar-refractivity contribution in [1.29, 1.82) is 0 Å². The van der Waals surface area contributed by atoms with Crippen LogP contribution in [0, 0.1) is 0 Å². The lowest BCUT2D eigenvalue weighted by atomic mass is 9.80. The molecule has 0 aromatic rings. The van der Waals surface area contributed by atoms with Gasteiger partial charge in [0.25, 0.3) is 0 Å². The van der Waals surface area contributed by atoms with Gasteiger partial charge in [0.15, 0.2) is 0 Å². The molecule has 1 saturated carbocycles. The summed E-state index contributed by atoms with van der Waals surface area (Å²) in [4.78, 5) is 11.2. The normalized spacial score (nSPS) is 19.2. The number of carbonyl (C=O) groups is 1. The highest BCUT2D eigenvalue weighted by molar-refractivity contribution is 5.75. The highest BCUT2D eigenvalue weighted by Crippen LogP contribution is 2.30. The average Bonchev–Trinajstić information content (AvgIpc) is 2.08. The minimum atomic E-state index is -0.581. The van der Waals surface area contributed by atoms with Crippen LogP contribution in [-0.2, 0) is 4.79 Å². The van der Waals surface area contributed by atoms with Gasteiger partial charge in [0.1, 0.15) is 0 Å². The molecule has 0 aromatic carbocycles. The first-order chi connectivity index (χ1) is 6.16. The van der Waals surface area contributed by atoms with Gasteiger partial charge in [-0.15, -0.1) is 0 Å². The van der Waals surface area contributed by atoms with Crippen LogP contribution >= 0.6 is 0 Å². The van der Waals surface area contributed by atoms with E-state index in [1.165, 1.54) is 0 Å². The van der Waals surface area contributed by atoms with Gasteiger partial charge in [0.05, 0.1) is 5.60 Å². The minimum Gasteiger partial charge on any atom is -0.388 e. The third kappa shape index (κ3) is 3.35. The molecule has 0 aliphatic heterocycles. The van der Waals surface area contributed by atoms with Crippen molar-refractivity contribution in [3.05, 3.63) is 0 Å². The standard InChI is InChI=1S/C10H19NO2/c1-2-3-5-9(12)11-8-10(13)6-4-7-10/h13H,2-8H2,1H3,(H,11,12). The Morgan fingerprint density at radius 3 is 2.69 bits per heavy atom. The zero-order chi connectivity index (χ0) is 9.73. The van der Waals surface area contributed by atoms with Crippen LogP contribution in [0.25, 0.3) is 0 Å². The summed E-state index contributed by atoms with van der Waals surface area (Å²) in [7, 11) is 0. The van der Waals surface area contributed by atoms with Crippen LogP contribution in [0.15, 0.2) is 0 Å². The van der Waals surface area contributed by atoms with Crippen LogP contribution in [-0.4, -0.2) is 23.2 Å². The molecule has 1 aliphatic carbocycles. The third-order valence-electron chi connectivity index (χ3n) is 2.66. The Balaban J connectivity index is 2.07. The van der Waals surface area contributed by atoms with Gasteiger partial charge in [0, 0.05) is 13.0 Å². The molecular weight excluding hydrogens is 166 g/mol. The predicted octanol–water partition coefficient (Wildman–Crippen LogP) is 1.21. The first-order valence-electron chi connectivity index (χ1n) is 5.15. The van der Waals surface area contributed by atoms with E-state index >= 15 is 0 Å². The van der Waals surface area contributed by atoms with Crippen molar-refractivity contribution >= 4 is 5.91 Å². The maximum absolute atomic E-state index is 11.2. The van der Waals surface area contributed by atoms with Crippen LogP contribution in [0.2, 0.25) is 0 Å². The largest absolute Gasteiger partial charge is 0.388 e. The number of hydrogen-bond acceptors (Lipinski definition) is 2. The Labute approximate surface area is 79.5 Å². The lowest BCUT2D eigenvalue weighted by Crippen LogP contribution is -2.47. The average molecular weight is 185 g/mol. The van der Waals surface area contributed by atoms with Crippen molar-refractivity contribution < 1.29 is 9.90 Å². The van der Waals surface area contributed by atoms with E-state index in [-0.39, 0.29) is 5.91 Å². The molecule has 0 radical (unpaired) electrons. The Morgan fingerprint density at radius 1 is 1.54 bits per heavy atom. The van der Waals surface area contributed by atoms with Crippen molar-refractivity contribution in [2.45, 2.75) is 51.0 Å². The van der Waals surface area contributed by atoms with E-state index in [9.17, 15) is 9.90 Å². The quantitative estimate of drug-likeness (QED) is 0.676. The third-order valence-corrected chi connectivity index (χ3v) is 2.66. The molecule has 0 spiro atoms. The number of nitrogens with one attached hydrogen (secondary N) is 1. The van der Waals surface area contributed by atoms with Crippen LogP contribution in [0.1, 0.15) is 45.4 Å². The summed E-state index contributed by atoms with van der Waals surface area (Å²) in [6.07, 6.45) is 5.32. The molecule has 1 aliphatic rings. The number of unbranched alkanes of at least 4 members (excludes halogenated alkanes) is 1. The molecule has 1 rings (SSSR count). The zero-order valence-electron chi connectivity index (χ0n) is 8.31. The molecule has 0 bridgehead atoms. The Hall–Kier alpha value is -0.570. The molecule has 0 aromatic heterocycles. The minimum absolute atomic E-state index is 0.0715. The van der Waals surface area contributed by atoms with Gasteiger partial charge in [-0.05, 0) is 25.7 Å². The second-order valence-electron chi connectivity index (χ2n) is 3.96. The van der Waals surface area contributed by atoms with E-state index in [1.54, 1.807) is 0 Å². The van der Waals surface area contributed by atoms with Crippen LogP contribution < -0.4 is 5.32 Å². The summed E-state index contributed by atoms with van der Waals surface area (Å²) >= 11 is 0. The lowest BCUT2D eigenvalue weighted by molar-refractivity contribution is -0.123. The highest BCUT2D eigenvalue weighted by atomic mass is 16.3. The van der Waals surface area contributed by atoms with Gasteiger partial charge in [-0.3, -0.25) is 4.79 Å². The van der Waals surface area contributed by atoms with Gasteiger partial charge >= 0.3 is 0 Å². The molecule has 0 unspecified atom stereocenters. The van der Waals surface area contributed by atoms with Crippen LogP contribution in [0.5, 0.6) is 0 Å². The maximum atomic E-state index is 11.2. The Bertz CT molecular complexity index is 176. The second-order valence-corrected chi connectivity index (χ2v) is 3.96. The van der Waals surface area contributed by atoms with E-state index in [4.69, 9.17) is 0 Å². The van der Waals surface area contributed by atoms with Crippen molar-refractivity contribution in [3.8, 4) is 0 Å². The number of hydrogen-bond donors (Lipinski definition) is 2. The molecule has 0 heterocycles. The van der Waals surface area contributed by atoms with E-state index in [0.29, 0.717) is 13.0 Å². The van der Waals surface area contributed by atoms with Gasteiger partial charge in [-0.2, -0.15) is 0 Å². The van der Waals surface area contributed by atoms with E-state index in [2.05, 4.69) is 12.2 Å². The van der Waals surface area contributed by atoms with Crippen molar-refractivity contribution in [2.75, 3.05) is 6.54 Å². The second kappa shape index (κ2) is 4.61. The topological polar surface area (TPSA) is 49.3 Å². The summed E-state index contributed by atoms with van der Waals surface area (Å²) < 4.78 is 0. The summed E-state index contributed by atoms with van der Waals surface area (Å²) in [5.74, 6) is 0.0715. The van der Waals surface area contributed by atoms with E-state index < -0.39 is 5.60 Å². The number of rotatable bonds is 5. The maximum Gasteiger partial charge on any atom is 0.220 e. The summed E-state index contributed by atoms with van der Waals surface area (Å²) in [6, 6.07) is 0. The smallest absolute Gasteiger partial charge is 0.220 e. The summed E-state index contributed by atoms with van der Waals surface area (Å²) in [6.45, 7) is 2.50. The van der Waals surface area contributed by atoms with Gasteiger partial charge in [-0.1, -0.05) is 13.3 Å². The first kappa shape index (κ1) is 10.5. The molecule has 3 nitrogen and oxygen atoms in total. The lowest BCUT2D eigenvalue weighted by Gasteiger charge is -2.36. The van der Waals surface area contributed by atoms with Crippen molar-refractivity contribution in [3.63, 3.8) is 0 Å². The van der Waals surface area contributed by atoms with Crippen LogP contribution in [0.4, 0.5) is 0 Å². The predicted molar refractivity (Wildman–Crippen MR) is 51.3 cm³/mol. The van der Waals surface area contributed by atoms with Crippen molar-refractivity contribution in [1.82, 2.24) is 5.32 Å². The number of carbonyl (C=O) groups excluding carboxylic acids is 1. The highest BCUT2D eigenvalue weighted by Gasteiger charge is 2.34. The van der Waals surface area contributed by atoms with Gasteiger partial charge in [-0.25, -0.2) is 0 Å². The Kier molecular flexibility index (Phi) is 3.72. The number of amides is 1. The SMILES string of the molecule is CCCCC(=O)NCC1(O)CCC1. The Morgan fingerprint density at radius 2 is 2.23 bits per heavy atom. The van der Waals surface area contributed by atoms with Gasteiger partial charge < -0.3 is 10.4 Å². The van der Waals surface area contributed by atoms with E-state index in [0.717, 1.165) is 32.1 Å². The summed E-state index contributed by atoms with van der Waals surface area (Å²) in [5.41, 5.74) is -0.581. The van der Waals surface area contributed by atoms with Crippen LogP contribution in [0.3, 0.4) is 0 Å². The van der Waals surface area contributed by atoms with Gasteiger partial charge in [0.2, 0.25) is 5.91 Å².